The molecule has 37 heavy (non-hydrogen) atoms. The van der Waals surface area contributed by atoms with E-state index < -0.39 is 39.1 Å². The third-order valence-electron chi connectivity index (χ3n) is 5.68. The van der Waals surface area contributed by atoms with Crippen LogP contribution in [0.4, 0.5) is 26.1 Å². The van der Waals surface area contributed by atoms with E-state index in [0.29, 0.717) is 3.57 Å². The fourth-order valence-corrected chi connectivity index (χ4v) is 4.49. The molecule has 10 nitrogen and oxygen atoms in total. The second-order valence-electron chi connectivity index (χ2n) is 8.41. The highest BCUT2D eigenvalue weighted by atomic mass is 127. The number of carbonyl (C=O) groups is 1. The summed E-state index contributed by atoms with van der Waals surface area (Å²) in [6.45, 7) is 0. The monoisotopic (exact) mass is 644 g/mol. The maximum absolute atomic E-state index is 15.1. The maximum atomic E-state index is 15.1. The SMILES string of the molecule is CNS(=O)(=O)Nc1nccc(Cc2cc(C(=O)NC3CC3)c(Nc3ccc(I)cc3F)n(C)c2=O)c1F. The first-order valence-corrected chi connectivity index (χ1v) is 13.7. The van der Waals surface area contributed by atoms with Gasteiger partial charge in [0.25, 0.3) is 21.7 Å². The largest absolute Gasteiger partial charge is 0.349 e. The molecule has 0 radical (unpaired) electrons. The Morgan fingerprint density at radius 2 is 1.92 bits per heavy atom. The molecule has 3 aromatic rings. The van der Waals surface area contributed by atoms with Crippen molar-refractivity contribution in [3.8, 4) is 0 Å². The van der Waals surface area contributed by atoms with Crippen molar-refractivity contribution in [2.24, 2.45) is 7.05 Å². The van der Waals surface area contributed by atoms with E-state index in [0.717, 1.165) is 24.5 Å². The molecule has 196 valence electrons. The number of hydrogen-bond donors (Lipinski definition) is 4. The van der Waals surface area contributed by atoms with Crippen LogP contribution in [0.2, 0.25) is 0 Å². The standard InChI is InChI=1S/C23H23F2IN6O4S/c1-27-37(35,36)31-20-19(25)12(7-8-28-20)9-13-10-16(22(33)29-15-4-5-15)21(32(2)23(13)34)30-18-6-3-14(26)11-17(18)24/h3,6-8,10-11,15,27,30H,4-5,9H2,1-2H3,(H,28,31)(H,29,33). The molecule has 1 aliphatic carbocycles. The van der Waals surface area contributed by atoms with Crippen molar-refractivity contribution >= 4 is 56.0 Å². The topological polar surface area (TPSA) is 134 Å². The smallest absolute Gasteiger partial charge is 0.300 e. The molecule has 0 bridgehead atoms. The molecule has 4 rings (SSSR count). The van der Waals surface area contributed by atoms with Crippen LogP contribution >= 0.6 is 22.6 Å². The number of aromatic nitrogens is 2. The molecule has 0 spiro atoms. The van der Waals surface area contributed by atoms with Gasteiger partial charge in [-0.1, -0.05) is 0 Å². The van der Waals surface area contributed by atoms with Crippen LogP contribution in [0, 0.1) is 15.2 Å². The van der Waals surface area contributed by atoms with E-state index in [9.17, 15) is 22.4 Å². The minimum atomic E-state index is -4.03. The van der Waals surface area contributed by atoms with Gasteiger partial charge in [0.1, 0.15) is 11.6 Å². The Bertz CT molecular complexity index is 1540. The van der Waals surface area contributed by atoms with Crippen molar-refractivity contribution in [3.63, 3.8) is 0 Å². The number of amides is 1. The Hall–Kier alpha value is -3.11. The van der Waals surface area contributed by atoms with Gasteiger partial charge >= 0.3 is 0 Å². The molecule has 0 aliphatic heterocycles. The number of hydrogen-bond acceptors (Lipinski definition) is 6. The molecule has 0 saturated heterocycles. The van der Waals surface area contributed by atoms with Gasteiger partial charge in [0, 0.05) is 41.9 Å². The Balaban J connectivity index is 1.76. The molecule has 0 atom stereocenters. The first-order chi connectivity index (χ1) is 17.5. The van der Waals surface area contributed by atoms with Gasteiger partial charge in [0.15, 0.2) is 11.6 Å². The van der Waals surface area contributed by atoms with Crippen molar-refractivity contribution in [2.45, 2.75) is 25.3 Å². The van der Waals surface area contributed by atoms with Gasteiger partial charge in [-0.15, -0.1) is 0 Å². The highest BCUT2D eigenvalue weighted by molar-refractivity contribution is 14.1. The molecule has 1 aromatic carbocycles. The van der Waals surface area contributed by atoms with Crippen LogP contribution in [0.25, 0.3) is 0 Å². The van der Waals surface area contributed by atoms with Gasteiger partial charge in [-0.05, 0) is 71.3 Å². The number of anilines is 3. The number of nitrogens with one attached hydrogen (secondary N) is 4. The normalized spacial score (nSPS) is 13.3. The first-order valence-electron chi connectivity index (χ1n) is 11.1. The number of halogens is 3. The minimum Gasteiger partial charge on any atom is -0.349 e. The summed E-state index contributed by atoms with van der Waals surface area (Å²) in [6.07, 6.45) is 2.60. The van der Waals surface area contributed by atoms with Crippen LogP contribution in [-0.2, 0) is 23.7 Å². The zero-order valence-corrected chi connectivity index (χ0v) is 22.7. The Labute approximate surface area is 225 Å². The zero-order chi connectivity index (χ0) is 26.9. The summed E-state index contributed by atoms with van der Waals surface area (Å²) in [5.41, 5.74) is -0.341. The number of carbonyl (C=O) groups excluding carboxylic acids is 1. The van der Waals surface area contributed by atoms with Crippen molar-refractivity contribution in [2.75, 3.05) is 17.1 Å². The van der Waals surface area contributed by atoms with Crippen LogP contribution in [0.15, 0.2) is 41.3 Å². The van der Waals surface area contributed by atoms with Gasteiger partial charge in [-0.25, -0.2) is 18.5 Å². The second-order valence-corrected chi connectivity index (χ2v) is 11.3. The van der Waals surface area contributed by atoms with Gasteiger partial charge in [-0.3, -0.25) is 18.9 Å². The van der Waals surface area contributed by atoms with Crippen LogP contribution in [0.5, 0.6) is 0 Å². The molecule has 14 heteroatoms. The summed E-state index contributed by atoms with van der Waals surface area (Å²) in [5, 5.41) is 5.71. The van der Waals surface area contributed by atoms with Crippen molar-refractivity contribution in [3.05, 3.63) is 78.8 Å². The number of rotatable bonds is 9. The van der Waals surface area contributed by atoms with Crippen LogP contribution in [0.3, 0.4) is 0 Å². The quantitative estimate of drug-likeness (QED) is 0.265. The lowest BCUT2D eigenvalue weighted by Crippen LogP contribution is -2.31. The third-order valence-corrected chi connectivity index (χ3v) is 7.35. The first kappa shape index (κ1) is 26.9. The molecular weight excluding hydrogens is 621 g/mol. The van der Waals surface area contributed by atoms with Gasteiger partial charge in [-0.2, -0.15) is 8.42 Å². The van der Waals surface area contributed by atoms with Crippen LogP contribution < -0.4 is 25.6 Å². The zero-order valence-electron chi connectivity index (χ0n) is 19.7. The third kappa shape index (κ3) is 6.24. The molecule has 1 saturated carbocycles. The van der Waals surface area contributed by atoms with Crippen molar-refractivity contribution in [1.82, 2.24) is 19.6 Å². The van der Waals surface area contributed by atoms with E-state index in [-0.39, 0.29) is 40.7 Å². The summed E-state index contributed by atoms with van der Waals surface area (Å²) in [7, 11) is -1.45. The van der Waals surface area contributed by atoms with E-state index >= 15 is 4.39 Å². The minimum absolute atomic E-state index is 0.0106. The molecule has 1 aliphatic rings. The molecule has 1 fully saturated rings. The van der Waals surface area contributed by atoms with Gasteiger partial charge in [0.05, 0.1) is 11.3 Å². The molecule has 1 amide bonds. The van der Waals surface area contributed by atoms with E-state index in [2.05, 4.69) is 15.6 Å². The highest BCUT2D eigenvalue weighted by Gasteiger charge is 2.27. The lowest BCUT2D eigenvalue weighted by Gasteiger charge is -2.18. The fraction of sp³-hybridized carbons (Fsp3) is 0.261. The predicted molar refractivity (Wildman–Crippen MR) is 143 cm³/mol. The Kier molecular flexibility index (Phi) is 7.80. The summed E-state index contributed by atoms with van der Waals surface area (Å²) >= 11 is 1.97. The van der Waals surface area contributed by atoms with E-state index in [4.69, 9.17) is 0 Å². The van der Waals surface area contributed by atoms with E-state index in [1.807, 2.05) is 32.0 Å². The average Bonchev–Trinajstić information content (AvgIpc) is 3.66. The summed E-state index contributed by atoms with van der Waals surface area (Å²) in [4.78, 5) is 30.1. The summed E-state index contributed by atoms with van der Waals surface area (Å²) in [5.74, 6) is -2.46. The fourth-order valence-electron chi connectivity index (χ4n) is 3.54. The molecule has 0 unspecified atom stereocenters. The summed E-state index contributed by atoms with van der Waals surface area (Å²) < 4.78 is 59.0. The van der Waals surface area contributed by atoms with Crippen LogP contribution in [-0.4, -0.2) is 37.0 Å². The Morgan fingerprint density at radius 1 is 1.19 bits per heavy atom. The molecule has 2 aromatic heterocycles. The highest BCUT2D eigenvalue weighted by Crippen LogP contribution is 2.27. The predicted octanol–water partition coefficient (Wildman–Crippen LogP) is 2.77. The number of nitrogens with zero attached hydrogens (tertiary/aromatic N) is 2. The van der Waals surface area contributed by atoms with E-state index in [1.54, 1.807) is 6.07 Å². The van der Waals surface area contributed by atoms with Crippen LogP contribution in [0.1, 0.15) is 34.3 Å². The lowest BCUT2D eigenvalue weighted by atomic mass is 10.0. The molecular formula is C23H23F2IN6O4S. The van der Waals surface area contributed by atoms with Gasteiger partial charge < -0.3 is 10.6 Å². The van der Waals surface area contributed by atoms with Gasteiger partial charge in [0.2, 0.25) is 0 Å². The lowest BCUT2D eigenvalue weighted by molar-refractivity contribution is 0.0951. The summed E-state index contributed by atoms with van der Waals surface area (Å²) in [6, 6.07) is 7.14. The average molecular weight is 644 g/mol. The Morgan fingerprint density at radius 3 is 2.57 bits per heavy atom. The molecule has 2 heterocycles. The van der Waals surface area contributed by atoms with E-state index in [1.165, 1.54) is 37.5 Å². The maximum Gasteiger partial charge on any atom is 0.300 e. The van der Waals surface area contributed by atoms with Crippen molar-refractivity contribution in [1.29, 1.82) is 0 Å². The van der Waals surface area contributed by atoms with Crippen molar-refractivity contribution < 1.29 is 22.0 Å². The second kappa shape index (κ2) is 10.7. The number of benzene rings is 1. The molecule has 4 N–H and O–H groups in total. The number of pyridine rings is 2.